The fourth-order valence-electron chi connectivity index (χ4n) is 12.1. The minimum Gasteiger partial charge on any atom is -0.309 e. The Balaban J connectivity index is 1.05. The van der Waals surface area contributed by atoms with Gasteiger partial charge in [-0.05, 0) is 93.5 Å². The summed E-state index contributed by atoms with van der Waals surface area (Å²) in [6.45, 7) is 0. The minimum absolute atomic E-state index is 0.0684. The summed E-state index contributed by atoms with van der Waals surface area (Å²) >= 11 is 0. The molecule has 0 saturated carbocycles. The summed E-state index contributed by atoms with van der Waals surface area (Å²) in [5.74, 6) is 0.730. The lowest BCUT2D eigenvalue weighted by atomic mass is 9.88. The summed E-state index contributed by atoms with van der Waals surface area (Å²) in [5, 5.41) is 4.85. The van der Waals surface area contributed by atoms with Gasteiger partial charge in [0.25, 0.3) is 0 Å². The van der Waals surface area contributed by atoms with E-state index in [0.29, 0.717) is 5.82 Å². The first-order valence-electron chi connectivity index (χ1n) is 25.8. The van der Waals surface area contributed by atoms with Crippen molar-refractivity contribution in [3.8, 4) is 78.7 Å². The van der Waals surface area contributed by atoms with E-state index in [4.69, 9.17) is 9.97 Å². The van der Waals surface area contributed by atoms with E-state index in [1.54, 1.807) is 0 Å². The lowest BCUT2D eigenvalue weighted by Crippen LogP contribution is -2.04. The Morgan fingerprint density at radius 1 is 0.280 bits per heavy atom. The zero-order valence-corrected chi connectivity index (χ0v) is 40.8. The molecule has 3 heterocycles. The van der Waals surface area contributed by atoms with E-state index in [1.807, 2.05) is 0 Å². The molecule has 0 spiro atoms. The van der Waals surface area contributed by atoms with E-state index in [9.17, 15) is 0 Å². The number of benzene rings is 11. The monoisotopic (exact) mass is 954 g/mol. The second kappa shape index (κ2) is 17.4. The molecule has 11 aromatic carbocycles. The van der Waals surface area contributed by atoms with Gasteiger partial charge in [-0.25, -0.2) is 9.97 Å². The highest BCUT2D eigenvalue weighted by Gasteiger charge is 2.31. The second-order valence-electron chi connectivity index (χ2n) is 19.6. The van der Waals surface area contributed by atoms with Crippen molar-refractivity contribution >= 4 is 43.6 Å². The molecular weight excluding hydrogens is 909 g/mol. The number of rotatable bonds is 8. The second-order valence-corrected chi connectivity index (χ2v) is 19.6. The van der Waals surface area contributed by atoms with Crippen molar-refractivity contribution in [1.29, 1.82) is 0 Å². The molecule has 0 amide bonds. The lowest BCUT2D eigenvalue weighted by Gasteiger charge is -2.22. The molecule has 1 aliphatic carbocycles. The molecule has 1 aliphatic rings. The van der Waals surface area contributed by atoms with Crippen molar-refractivity contribution in [2.45, 2.75) is 5.92 Å². The Labute approximate surface area is 434 Å². The third kappa shape index (κ3) is 6.99. The van der Waals surface area contributed by atoms with Gasteiger partial charge < -0.3 is 9.13 Å². The van der Waals surface area contributed by atoms with Gasteiger partial charge in [-0.3, -0.25) is 0 Å². The molecule has 0 saturated heterocycles. The molecule has 0 atom stereocenters. The highest BCUT2D eigenvalue weighted by Crippen LogP contribution is 2.50. The quantitative estimate of drug-likeness (QED) is 0.152. The van der Waals surface area contributed by atoms with Gasteiger partial charge in [-0.2, -0.15) is 0 Å². The summed E-state index contributed by atoms with van der Waals surface area (Å²) < 4.78 is 4.99. The molecule has 4 nitrogen and oxygen atoms in total. The largest absolute Gasteiger partial charge is 0.309 e. The fraction of sp³-hybridized carbons (Fsp3) is 0.0141. The van der Waals surface area contributed by atoms with E-state index >= 15 is 0 Å². The van der Waals surface area contributed by atoms with Crippen molar-refractivity contribution < 1.29 is 0 Å². The van der Waals surface area contributed by atoms with Crippen LogP contribution in [-0.4, -0.2) is 19.1 Å². The van der Waals surface area contributed by atoms with Gasteiger partial charge >= 0.3 is 0 Å². The zero-order valence-electron chi connectivity index (χ0n) is 40.8. The topological polar surface area (TPSA) is 35.6 Å². The Hall–Kier alpha value is -9.90. The number of nitrogens with zero attached hydrogens (tertiary/aromatic N) is 4. The minimum atomic E-state index is 0.0684. The number of fused-ring (bicyclic) bond motifs is 9. The number of aromatic nitrogens is 4. The van der Waals surface area contributed by atoms with Gasteiger partial charge in [0.2, 0.25) is 0 Å². The van der Waals surface area contributed by atoms with Gasteiger partial charge in [-0.15, -0.1) is 0 Å². The standard InChI is InChI=1S/C71H46N4/c1-5-21-46(22-6-1)60-41-51(71-72-63(48-25-9-3-10-26-48)45-64(73-71)49-27-11-4-12-28-49)42-61(47-23-7-2-8-24-47)70(60)75-67-40-38-52(74-65-35-19-17-31-55(65)56-32-18-20-36-66(56)74)44-62(67)57-39-37-50(43-68(57)75)69-58-33-15-13-29-53(58)54-30-14-16-34-59(54)69/h1-45,69H. The van der Waals surface area contributed by atoms with E-state index in [1.165, 1.54) is 60.4 Å². The van der Waals surface area contributed by atoms with E-state index < -0.39 is 0 Å². The van der Waals surface area contributed by atoms with Crippen LogP contribution in [-0.2, 0) is 0 Å². The zero-order chi connectivity index (χ0) is 49.4. The van der Waals surface area contributed by atoms with E-state index in [2.05, 4.69) is 282 Å². The first-order valence-corrected chi connectivity index (χ1v) is 25.8. The molecule has 0 fully saturated rings. The Morgan fingerprint density at radius 2 is 0.733 bits per heavy atom. The van der Waals surface area contributed by atoms with Crippen LogP contribution >= 0.6 is 0 Å². The fourth-order valence-corrected chi connectivity index (χ4v) is 12.1. The van der Waals surface area contributed by atoms with Gasteiger partial charge in [0, 0.05) is 61.0 Å². The summed E-state index contributed by atoms with van der Waals surface area (Å²) in [5.41, 5.74) is 22.5. The van der Waals surface area contributed by atoms with Crippen LogP contribution in [0.1, 0.15) is 22.6 Å². The van der Waals surface area contributed by atoms with Gasteiger partial charge in [0.15, 0.2) is 5.82 Å². The molecule has 0 unspecified atom stereocenters. The Bertz CT molecular complexity index is 4300. The molecule has 0 N–H and O–H groups in total. The van der Waals surface area contributed by atoms with Crippen molar-refractivity contribution in [2.75, 3.05) is 0 Å². The van der Waals surface area contributed by atoms with Gasteiger partial charge in [0.1, 0.15) is 0 Å². The van der Waals surface area contributed by atoms with Crippen LogP contribution in [0.3, 0.4) is 0 Å². The molecule has 350 valence electrons. The van der Waals surface area contributed by atoms with Crippen LogP contribution in [0.5, 0.6) is 0 Å². The predicted octanol–water partition coefficient (Wildman–Crippen LogP) is 18.2. The third-order valence-electron chi connectivity index (χ3n) is 15.4. The molecular formula is C71H46N4. The average Bonchev–Trinajstić information content (AvgIpc) is 4.13. The SMILES string of the molecule is c1ccc(-c2cc(-c3ccccc3)nc(-c3cc(-c4ccccc4)c(-n4c5ccc(-n6c7ccccc7c7ccccc76)cc5c5ccc(C6c7ccccc7-c7ccccc76)cc54)c(-c4ccccc4)c3)n2)cc1. The summed E-state index contributed by atoms with van der Waals surface area (Å²) in [4.78, 5) is 10.8. The van der Waals surface area contributed by atoms with Crippen LogP contribution in [0, 0.1) is 0 Å². The molecule has 0 bridgehead atoms. The van der Waals surface area contributed by atoms with Crippen LogP contribution in [0.2, 0.25) is 0 Å². The Morgan fingerprint density at radius 3 is 1.28 bits per heavy atom. The maximum atomic E-state index is 5.41. The summed E-state index contributed by atoms with van der Waals surface area (Å²) in [6, 6.07) is 99.1. The molecule has 15 rings (SSSR count). The van der Waals surface area contributed by atoms with Gasteiger partial charge in [-0.1, -0.05) is 218 Å². The van der Waals surface area contributed by atoms with Crippen LogP contribution < -0.4 is 0 Å². The highest BCUT2D eigenvalue weighted by atomic mass is 15.0. The van der Waals surface area contributed by atoms with Crippen molar-refractivity contribution in [1.82, 2.24) is 19.1 Å². The third-order valence-corrected chi connectivity index (χ3v) is 15.4. The maximum Gasteiger partial charge on any atom is 0.160 e. The molecule has 0 radical (unpaired) electrons. The van der Waals surface area contributed by atoms with Crippen molar-refractivity contribution in [2.24, 2.45) is 0 Å². The molecule has 0 aliphatic heterocycles. The van der Waals surface area contributed by atoms with E-state index in [-0.39, 0.29) is 5.92 Å². The van der Waals surface area contributed by atoms with Crippen LogP contribution in [0.15, 0.2) is 273 Å². The van der Waals surface area contributed by atoms with Crippen molar-refractivity contribution in [3.63, 3.8) is 0 Å². The highest BCUT2D eigenvalue weighted by molar-refractivity contribution is 6.13. The van der Waals surface area contributed by atoms with Crippen LogP contribution in [0.25, 0.3) is 122 Å². The molecule has 75 heavy (non-hydrogen) atoms. The number of hydrogen-bond donors (Lipinski definition) is 0. The lowest BCUT2D eigenvalue weighted by molar-refractivity contribution is 1.02. The number of para-hydroxylation sites is 2. The summed E-state index contributed by atoms with van der Waals surface area (Å²) in [7, 11) is 0. The molecule has 3 aromatic heterocycles. The first-order chi connectivity index (χ1) is 37.2. The van der Waals surface area contributed by atoms with Crippen molar-refractivity contribution in [3.05, 3.63) is 290 Å². The summed E-state index contributed by atoms with van der Waals surface area (Å²) in [6.07, 6.45) is 0. The predicted molar refractivity (Wildman–Crippen MR) is 311 cm³/mol. The molecule has 14 aromatic rings. The first kappa shape index (κ1) is 42.8. The smallest absolute Gasteiger partial charge is 0.160 e. The molecule has 4 heteroatoms. The maximum absolute atomic E-state index is 5.41. The Kier molecular flexibility index (Phi) is 9.92. The number of hydrogen-bond acceptors (Lipinski definition) is 2. The van der Waals surface area contributed by atoms with Crippen LogP contribution in [0.4, 0.5) is 0 Å². The average molecular weight is 955 g/mol. The van der Waals surface area contributed by atoms with E-state index in [0.717, 1.165) is 72.7 Å². The normalized spacial score (nSPS) is 12.2. The van der Waals surface area contributed by atoms with Gasteiger partial charge in [0.05, 0.1) is 39.1 Å².